The largest absolute Gasteiger partial charge is 0.467 e. The number of benzene rings is 1. The summed E-state index contributed by atoms with van der Waals surface area (Å²) >= 11 is 0. The van der Waals surface area contributed by atoms with Gasteiger partial charge in [0.15, 0.2) is 0 Å². The molecule has 1 atom stereocenters. The molecule has 1 aliphatic heterocycles. The Kier molecular flexibility index (Phi) is 7.20. The van der Waals surface area contributed by atoms with Crippen LogP contribution in [0.1, 0.15) is 37.0 Å². The van der Waals surface area contributed by atoms with Crippen molar-refractivity contribution in [1.29, 1.82) is 0 Å². The van der Waals surface area contributed by atoms with Gasteiger partial charge in [-0.3, -0.25) is 14.5 Å². The van der Waals surface area contributed by atoms with E-state index in [9.17, 15) is 9.59 Å². The van der Waals surface area contributed by atoms with Crippen LogP contribution in [0.5, 0.6) is 0 Å². The van der Waals surface area contributed by atoms with Crippen LogP contribution in [0.4, 0.5) is 0 Å². The third-order valence-electron chi connectivity index (χ3n) is 6.37. The number of carbonyl (C=O) groups is 2. The number of nitrogens with one attached hydrogen (secondary N) is 1. The van der Waals surface area contributed by atoms with Crippen molar-refractivity contribution in [2.24, 2.45) is 5.92 Å². The molecular formula is C25H31N3O3. The van der Waals surface area contributed by atoms with E-state index in [1.807, 2.05) is 53.4 Å². The molecule has 6 nitrogen and oxygen atoms in total. The number of rotatable bonds is 7. The zero-order chi connectivity index (χ0) is 21.5. The number of piperazine rings is 1. The van der Waals surface area contributed by atoms with Gasteiger partial charge in [-0.15, -0.1) is 0 Å². The van der Waals surface area contributed by atoms with Gasteiger partial charge in [0.1, 0.15) is 5.76 Å². The first-order chi connectivity index (χ1) is 15.2. The topological polar surface area (TPSA) is 65.8 Å². The molecule has 31 heavy (non-hydrogen) atoms. The van der Waals surface area contributed by atoms with Crippen molar-refractivity contribution in [3.63, 3.8) is 0 Å². The molecule has 164 valence electrons. The lowest BCUT2D eigenvalue weighted by atomic mass is 9.95. The molecule has 1 saturated carbocycles. The van der Waals surface area contributed by atoms with Gasteiger partial charge in [0.2, 0.25) is 11.8 Å². The molecule has 6 heteroatoms. The molecule has 1 saturated heterocycles. The van der Waals surface area contributed by atoms with Crippen molar-refractivity contribution in [2.45, 2.75) is 38.3 Å². The summed E-state index contributed by atoms with van der Waals surface area (Å²) in [6.45, 7) is 3.15. The summed E-state index contributed by atoms with van der Waals surface area (Å²) in [6, 6.07) is 13.4. The van der Waals surface area contributed by atoms with Crippen molar-refractivity contribution in [2.75, 3.05) is 26.2 Å². The number of hydrogen-bond donors (Lipinski definition) is 1. The maximum Gasteiger partial charge on any atom is 0.246 e. The molecule has 0 radical (unpaired) electrons. The van der Waals surface area contributed by atoms with Gasteiger partial charge in [-0.05, 0) is 42.5 Å². The third-order valence-corrected chi connectivity index (χ3v) is 6.37. The van der Waals surface area contributed by atoms with E-state index in [0.717, 1.165) is 37.3 Å². The van der Waals surface area contributed by atoms with E-state index >= 15 is 0 Å². The van der Waals surface area contributed by atoms with E-state index < -0.39 is 0 Å². The number of carbonyl (C=O) groups excluding carboxylic acids is 2. The monoisotopic (exact) mass is 421 g/mol. The number of hydrogen-bond acceptors (Lipinski definition) is 4. The van der Waals surface area contributed by atoms with E-state index in [1.165, 1.54) is 12.8 Å². The highest BCUT2D eigenvalue weighted by Crippen LogP contribution is 2.31. The molecule has 2 amide bonds. The Labute approximate surface area is 183 Å². The fourth-order valence-corrected chi connectivity index (χ4v) is 4.70. The molecule has 1 N–H and O–H groups in total. The molecule has 0 spiro atoms. The minimum Gasteiger partial charge on any atom is -0.467 e. The normalized spacial score (nSPS) is 19.0. The summed E-state index contributed by atoms with van der Waals surface area (Å²) < 4.78 is 5.35. The van der Waals surface area contributed by atoms with E-state index in [1.54, 1.807) is 12.3 Å². The van der Waals surface area contributed by atoms with Gasteiger partial charge in [0.05, 0.1) is 18.8 Å². The Morgan fingerprint density at radius 1 is 1.03 bits per heavy atom. The lowest BCUT2D eigenvalue weighted by Gasteiger charge is -2.40. The van der Waals surface area contributed by atoms with Gasteiger partial charge in [0.25, 0.3) is 0 Å². The first-order valence-corrected chi connectivity index (χ1v) is 11.3. The first-order valence-electron chi connectivity index (χ1n) is 11.3. The van der Waals surface area contributed by atoms with E-state index in [-0.39, 0.29) is 17.9 Å². The van der Waals surface area contributed by atoms with Crippen LogP contribution in [0.3, 0.4) is 0 Å². The average molecular weight is 422 g/mol. The molecular weight excluding hydrogens is 390 g/mol. The second kappa shape index (κ2) is 10.4. The van der Waals surface area contributed by atoms with Crippen LogP contribution >= 0.6 is 0 Å². The molecule has 2 aliphatic rings. The van der Waals surface area contributed by atoms with Gasteiger partial charge in [-0.1, -0.05) is 43.2 Å². The highest BCUT2D eigenvalue weighted by Gasteiger charge is 2.37. The van der Waals surface area contributed by atoms with Crippen LogP contribution < -0.4 is 5.32 Å². The molecule has 1 aliphatic carbocycles. The molecule has 1 aromatic heterocycles. The summed E-state index contributed by atoms with van der Waals surface area (Å²) in [5.41, 5.74) is 1.02. The van der Waals surface area contributed by atoms with Crippen molar-refractivity contribution in [3.05, 3.63) is 66.1 Å². The molecule has 4 rings (SSSR count). The fourth-order valence-electron chi connectivity index (χ4n) is 4.70. The third kappa shape index (κ3) is 5.64. The SMILES string of the molecule is O=C(NCc1ccco1)[C@H](C1CCCC1)N1CCN(C(=O)/C=C/c2ccccc2)CC1. The Hall–Kier alpha value is -2.86. The van der Waals surface area contributed by atoms with Crippen LogP contribution in [0.25, 0.3) is 6.08 Å². The average Bonchev–Trinajstić information content (AvgIpc) is 3.52. The van der Waals surface area contributed by atoms with Crippen LogP contribution in [0.15, 0.2) is 59.2 Å². The Morgan fingerprint density at radius 2 is 1.77 bits per heavy atom. The molecule has 2 fully saturated rings. The lowest BCUT2D eigenvalue weighted by molar-refractivity contribution is -0.132. The van der Waals surface area contributed by atoms with Crippen LogP contribution in [-0.2, 0) is 16.1 Å². The van der Waals surface area contributed by atoms with Gasteiger partial charge >= 0.3 is 0 Å². The standard InChI is InChI=1S/C25H31N3O3/c29-23(13-12-20-7-2-1-3-8-20)27-14-16-28(17-15-27)24(21-9-4-5-10-21)25(30)26-19-22-11-6-18-31-22/h1-3,6-8,11-13,18,21,24H,4-5,9-10,14-17,19H2,(H,26,30)/b13-12+/t24-/m0/s1. The predicted octanol–water partition coefficient (Wildman–Crippen LogP) is 3.31. The molecule has 0 bridgehead atoms. The van der Waals surface area contributed by atoms with Crippen LogP contribution in [0, 0.1) is 5.92 Å². The Morgan fingerprint density at radius 3 is 2.45 bits per heavy atom. The van der Waals surface area contributed by atoms with Gasteiger partial charge in [0, 0.05) is 32.3 Å². The Balaban J connectivity index is 1.34. The summed E-state index contributed by atoms with van der Waals surface area (Å²) in [5.74, 6) is 1.26. The zero-order valence-corrected chi connectivity index (χ0v) is 17.9. The number of nitrogens with zero attached hydrogens (tertiary/aromatic N) is 2. The molecule has 2 aromatic rings. The minimum absolute atomic E-state index is 0.0307. The summed E-state index contributed by atoms with van der Waals surface area (Å²) in [5, 5.41) is 3.07. The fraction of sp³-hybridized carbons (Fsp3) is 0.440. The lowest BCUT2D eigenvalue weighted by Crippen LogP contribution is -2.57. The van der Waals surface area contributed by atoms with Crippen molar-refractivity contribution in [3.8, 4) is 0 Å². The highest BCUT2D eigenvalue weighted by atomic mass is 16.3. The van der Waals surface area contributed by atoms with Gasteiger partial charge in [-0.2, -0.15) is 0 Å². The Bertz CT molecular complexity index is 865. The maximum atomic E-state index is 13.1. The van der Waals surface area contributed by atoms with E-state index in [4.69, 9.17) is 4.42 Å². The van der Waals surface area contributed by atoms with Crippen molar-refractivity contribution >= 4 is 17.9 Å². The van der Waals surface area contributed by atoms with Crippen molar-refractivity contribution in [1.82, 2.24) is 15.1 Å². The molecule has 2 heterocycles. The zero-order valence-electron chi connectivity index (χ0n) is 17.9. The van der Waals surface area contributed by atoms with Crippen LogP contribution in [-0.4, -0.2) is 53.8 Å². The first kappa shape index (κ1) is 21.4. The predicted molar refractivity (Wildman–Crippen MR) is 120 cm³/mol. The number of furan rings is 1. The van der Waals surface area contributed by atoms with E-state index in [2.05, 4.69) is 10.2 Å². The van der Waals surface area contributed by atoms with Gasteiger partial charge < -0.3 is 14.6 Å². The van der Waals surface area contributed by atoms with Crippen molar-refractivity contribution < 1.29 is 14.0 Å². The summed E-state index contributed by atoms with van der Waals surface area (Å²) in [7, 11) is 0. The maximum absolute atomic E-state index is 13.1. The molecule has 0 unspecified atom stereocenters. The quantitative estimate of drug-likeness (QED) is 0.697. The number of amides is 2. The van der Waals surface area contributed by atoms with Gasteiger partial charge in [-0.25, -0.2) is 0 Å². The minimum atomic E-state index is -0.130. The summed E-state index contributed by atoms with van der Waals surface area (Å²) in [6.07, 6.45) is 9.70. The van der Waals surface area contributed by atoms with Crippen LogP contribution in [0.2, 0.25) is 0 Å². The highest BCUT2D eigenvalue weighted by molar-refractivity contribution is 5.91. The van der Waals surface area contributed by atoms with E-state index in [0.29, 0.717) is 25.6 Å². The molecule has 1 aromatic carbocycles. The smallest absolute Gasteiger partial charge is 0.246 e. The second-order valence-electron chi connectivity index (χ2n) is 8.39. The summed E-state index contributed by atoms with van der Waals surface area (Å²) in [4.78, 5) is 29.9. The second-order valence-corrected chi connectivity index (χ2v) is 8.39.